The molecule has 8 heteroatoms. The van der Waals surface area contributed by atoms with Crippen LogP contribution in [-0.2, 0) is 0 Å². The van der Waals surface area contributed by atoms with Gasteiger partial charge in [-0.25, -0.2) is 9.97 Å². The standard InChI is InChI=1S/C20H13ClN6O/c1-12-23-20-24-15-9-11-26(16-8-4-5-10-22-16)19(28)17(15)18(27(20)25-12)13-6-2-3-7-14(13)21/h2-11H,1H3. The summed E-state index contributed by atoms with van der Waals surface area (Å²) in [5.41, 5.74) is 1.50. The minimum atomic E-state index is -0.256. The predicted octanol–water partition coefficient (Wildman–Crippen LogP) is 3.45. The van der Waals surface area contributed by atoms with Gasteiger partial charge in [-0.2, -0.15) is 9.50 Å². The summed E-state index contributed by atoms with van der Waals surface area (Å²) < 4.78 is 3.06. The Bertz CT molecular complexity index is 1410. The highest BCUT2D eigenvalue weighted by Crippen LogP contribution is 2.31. The highest BCUT2D eigenvalue weighted by molar-refractivity contribution is 6.33. The lowest BCUT2D eigenvalue weighted by Crippen LogP contribution is -2.20. The van der Waals surface area contributed by atoms with Crippen LogP contribution in [0.15, 0.2) is 65.7 Å². The van der Waals surface area contributed by atoms with Crippen LogP contribution in [0.25, 0.3) is 33.8 Å². The van der Waals surface area contributed by atoms with E-state index in [0.717, 1.165) is 0 Å². The summed E-state index contributed by atoms with van der Waals surface area (Å²) in [7, 11) is 0. The highest BCUT2D eigenvalue weighted by Gasteiger charge is 2.20. The molecule has 0 atom stereocenters. The molecule has 0 saturated heterocycles. The number of benzene rings is 1. The number of rotatable bonds is 2. The fourth-order valence-corrected chi connectivity index (χ4v) is 3.49. The minimum absolute atomic E-state index is 0.256. The average Bonchev–Trinajstić information content (AvgIpc) is 3.08. The van der Waals surface area contributed by atoms with Gasteiger partial charge in [0.1, 0.15) is 11.6 Å². The van der Waals surface area contributed by atoms with Crippen molar-refractivity contribution in [3.05, 3.63) is 82.1 Å². The fraction of sp³-hybridized carbons (Fsp3) is 0.0500. The second-order valence-corrected chi connectivity index (χ2v) is 6.66. The van der Waals surface area contributed by atoms with Crippen molar-refractivity contribution >= 4 is 28.3 Å². The predicted molar refractivity (Wildman–Crippen MR) is 107 cm³/mol. The smallest absolute Gasteiger partial charge is 0.267 e. The van der Waals surface area contributed by atoms with Crippen molar-refractivity contribution < 1.29 is 0 Å². The van der Waals surface area contributed by atoms with Crippen LogP contribution < -0.4 is 5.56 Å². The molecule has 0 fully saturated rings. The van der Waals surface area contributed by atoms with Gasteiger partial charge in [0.25, 0.3) is 11.3 Å². The molecule has 5 aromatic rings. The number of aromatic nitrogens is 6. The van der Waals surface area contributed by atoms with Crippen LogP contribution in [0.2, 0.25) is 5.02 Å². The first-order chi connectivity index (χ1) is 13.6. The van der Waals surface area contributed by atoms with Crippen LogP contribution >= 0.6 is 11.6 Å². The second kappa shape index (κ2) is 6.24. The maximum atomic E-state index is 13.5. The maximum absolute atomic E-state index is 13.5. The Morgan fingerprint density at radius 3 is 2.61 bits per heavy atom. The molecular formula is C20H13ClN6O. The van der Waals surface area contributed by atoms with Crippen molar-refractivity contribution in [2.24, 2.45) is 0 Å². The lowest BCUT2D eigenvalue weighted by molar-refractivity contribution is 0.920. The third-order valence-corrected chi connectivity index (χ3v) is 4.79. The van der Waals surface area contributed by atoms with E-state index in [1.807, 2.05) is 24.3 Å². The van der Waals surface area contributed by atoms with Crippen LogP contribution in [0.5, 0.6) is 0 Å². The van der Waals surface area contributed by atoms with Crippen molar-refractivity contribution in [1.82, 2.24) is 29.1 Å². The van der Waals surface area contributed by atoms with E-state index in [4.69, 9.17) is 11.6 Å². The molecule has 0 unspecified atom stereocenters. The molecule has 0 aliphatic rings. The number of halogens is 1. The summed E-state index contributed by atoms with van der Waals surface area (Å²) in [6.07, 6.45) is 3.30. The molecule has 0 saturated carbocycles. The number of pyridine rings is 2. The summed E-state index contributed by atoms with van der Waals surface area (Å²) >= 11 is 6.47. The first kappa shape index (κ1) is 16.6. The Morgan fingerprint density at radius 2 is 1.82 bits per heavy atom. The van der Waals surface area contributed by atoms with E-state index >= 15 is 0 Å². The molecule has 136 valence electrons. The Balaban J connectivity index is 1.98. The quantitative estimate of drug-likeness (QED) is 0.463. The SMILES string of the molecule is Cc1nc2nc3ccn(-c4ccccn4)c(=O)c3c(-c3ccccc3Cl)n2n1. The van der Waals surface area contributed by atoms with Crippen molar-refractivity contribution in [3.8, 4) is 17.1 Å². The molecule has 4 aromatic heterocycles. The zero-order valence-electron chi connectivity index (χ0n) is 14.7. The van der Waals surface area contributed by atoms with Gasteiger partial charge in [0.2, 0.25) is 0 Å². The van der Waals surface area contributed by atoms with Crippen LogP contribution in [0.1, 0.15) is 5.82 Å². The zero-order valence-corrected chi connectivity index (χ0v) is 15.5. The first-order valence-corrected chi connectivity index (χ1v) is 8.96. The lowest BCUT2D eigenvalue weighted by atomic mass is 10.1. The van der Waals surface area contributed by atoms with Gasteiger partial charge < -0.3 is 0 Å². The first-order valence-electron chi connectivity index (χ1n) is 8.58. The summed E-state index contributed by atoms with van der Waals surface area (Å²) in [4.78, 5) is 26.6. The van der Waals surface area contributed by atoms with Gasteiger partial charge in [0.05, 0.1) is 16.6 Å². The van der Waals surface area contributed by atoms with Gasteiger partial charge in [-0.05, 0) is 31.2 Å². The minimum Gasteiger partial charge on any atom is -0.268 e. The van der Waals surface area contributed by atoms with Gasteiger partial charge in [-0.3, -0.25) is 9.36 Å². The number of hydrogen-bond donors (Lipinski definition) is 0. The lowest BCUT2D eigenvalue weighted by Gasteiger charge is -2.12. The molecule has 7 nitrogen and oxygen atoms in total. The molecule has 4 heterocycles. The third kappa shape index (κ3) is 2.48. The molecule has 0 radical (unpaired) electrons. The Hall–Kier alpha value is -3.58. The van der Waals surface area contributed by atoms with E-state index in [-0.39, 0.29) is 5.56 Å². The van der Waals surface area contributed by atoms with Crippen LogP contribution in [0, 0.1) is 6.92 Å². The Kier molecular flexibility index (Phi) is 3.70. The molecule has 1 aromatic carbocycles. The molecule has 0 aliphatic carbocycles. The number of aryl methyl sites for hydroxylation is 1. The average molecular weight is 389 g/mol. The van der Waals surface area contributed by atoms with E-state index in [0.29, 0.717) is 44.6 Å². The third-order valence-electron chi connectivity index (χ3n) is 4.46. The number of nitrogens with zero attached hydrogens (tertiary/aromatic N) is 6. The van der Waals surface area contributed by atoms with Crippen molar-refractivity contribution in [2.75, 3.05) is 0 Å². The summed E-state index contributed by atoms with van der Waals surface area (Å²) in [5.74, 6) is 1.49. The monoisotopic (exact) mass is 388 g/mol. The van der Waals surface area contributed by atoms with Gasteiger partial charge in [-0.1, -0.05) is 35.9 Å². The number of hydrogen-bond acceptors (Lipinski definition) is 5. The highest BCUT2D eigenvalue weighted by atomic mass is 35.5. The molecule has 5 rings (SSSR count). The summed E-state index contributed by atoms with van der Waals surface area (Å²) in [6, 6.07) is 14.5. The van der Waals surface area contributed by atoms with E-state index in [1.165, 1.54) is 4.57 Å². The normalized spacial score (nSPS) is 11.4. The molecule has 0 amide bonds. The van der Waals surface area contributed by atoms with Crippen LogP contribution in [0.4, 0.5) is 0 Å². The zero-order chi connectivity index (χ0) is 19.3. The van der Waals surface area contributed by atoms with E-state index in [9.17, 15) is 4.79 Å². The second-order valence-electron chi connectivity index (χ2n) is 6.25. The van der Waals surface area contributed by atoms with Gasteiger partial charge in [-0.15, -0.1) is 5.10 Å². The van der Waals surface area contributed by atoms with E-state index in [1.54, 1.807) is 48.1 Å². The fourth-order valence-electron chi connectivity index (χ4n) is 3.26. The van der Waals surface area contributed by atoms with Gasteiger partial charge in [0.15, 0.2) is 0 Å². The van der Waals surface area contributed by atoms with E-state index in [2.05, 4.69) is 20.1 Å². The largest absolute Gasteiger partial charge is 0.268 e. The van der Waals surface area contributed by atoms with Crippen molar-refractivity contribution in [1.29, 1.82) is 0 Å². The van der Waals surface area contributed by atoms with Crippen LogP contribution in [0.3, 0.4) is 0 Å². The topological polar surface area (TPSA) is 78.0 Å². The van der Waals surface area contributed by atoms with Gasteiger partial charge in [0, 0.05) is 23.0 Å². The summed E-state index contributed by atoms with van der Waals surface area (Å²) in [6.45, 7) is 1.78. The summed E-state index contributed by atoms with van der Waals surface area (Å²) in [5, 5.41) is 5.36. The molecule has 0 bridgehead atoms. The molecule has 0 spiro atoms. The Morgan fingerprint density at radius 1 is 1.00 bits per heavy atom. The molecular weight excluding hydrogens is 376 g/mol. The number of fused-ring (bicyclic) bond motifs is 2. The molecule has 0 N–H and O–H groups in total. The maximum Gasteiger partial charge on any atom is 0.267 e. The van der Waals surface area contributed by atoms with Crippen LogP contribution in [-0.4, -0.2) is 29.1 Å². The van der Waals surface area contributed by atoms with Crippen molar-refractivity contribution in [2.45, 2.75) is 6.92 Å². The molecule has 0 aliphatic heterocycles. The van der Waals surface area contributed by atoms with Crippen molar-refractivity contribution in [3.63, 3.8) is 0 Å². The Labute approximate surface area is 163 Å². The van der Waals surface area contributed by atoms with Gasteiger partial charge >= 0.3 is 0 Å². The molecule has 28 heavy (non-hydrogen) atoms. The van der Waals surface area contributed by atoms with E-state index < -0.39 is 0 Å².